The molecule has 6 atom stereocenters. The van der Waals surface area contributed by atoms with Crippen LogP contribution in [0.15, 0.2) is 60.4 Å². The van der Waals surface area contributed by atoms with E-state index < -0.39 is 90.8 Å². The first kappa shape index (κ1) is 46.8. The van der Waals surface area contributed by atoms with Crippen molar-refractivity contribution in [2.24, 2.45) is 22.2 Å². The normalized spacial score (nSPS) is 13.9. The molecule has 6 amide bonds. The summed E-state index contributed by atoms with van der Waals surface area (Å²) in [5.74, 6) is -6.67. The number of benzene rings is 1. The fourth-order valence-corrected chi connectivity index (χ4v) is 5.63. The topological polar surface area (TPSA) is 380 Å². The van der Waals surface area contributed by atoms with E-state index in [2.05, 4.69) is 69.5 Å². The highest BCUT2D eigenvalue weighted by molar-refractivity contribution is 7.80. The van der Waals surface area contributed by atoms with Crippen molar-refractivity contribution in [3.8, 4) is 0 Å². The number of aromatic nitrogens is 4. The minimum Gasteiger partial charge on any atom is -0.480 e. The van der Waals surface area contributed by atoms with Crippen molar-refractivity contribution < 1.29 is 43.8 Å². The summed E-state index contributed by atoms with van der Waals surface area (Å²) in [4.78, 5) is 109. The summed E-state index contributed by atoms with van der Waals surface area (Å²) in [5.41, 5.74) is 18.1. The molecule has 0 fully saturated rings. The van der Waals surface area contributed by atoms with Crippen LogP contribution in [0.4, 0.5) is 0 Å². The molecule has 0 radical (unpaired) electrons. The summed E-state index contributed by atoms with van der Waals surface area (Å²) in [5, 5.41) is 33.6. The fraction of sp³-hybridized carbons (Fsp3) is 0.429. The van der Waals surface area contributed by atoms with E-state index in [-0.39, 0.29) is 50.4 Å². The lowest BCUT2D eigenvalue weighted by Crippen LogP contribution is -2.60. The van der Waals surface area contributed by atoms with E-state index in [1.54, 1.807) is 30.3 Å². The summed E-state index contributed by atoms with van der Waals surface area (Å²) in [6.07, 6.45) is 5.38. The number of nitrogens with one attached hydrogen (secondary N) is 8. The van der Waals surface area contributed by atoms with Gasteiger partial charge in [0.1, 0.15) is 36.3 Å². The van der Waals surface area contributed by atoms with E-state index in [1.165, 1.54) is 25.0 Å². The lowest BCUT2D eigenvalue weighted by atomic mass is 10.0. The smallest absolute Gasteiger partial charge is 0.327 e. The number of carbonyl (C=O) groups is 7. The summed E-state index contributed by atoms with van der Waals surface area (Å²) in [6.45, 7) is -1.27. The number of rotatable bonds is 25. The average molecular weight is 843 g/mol. The van der Waals surface area contributed by atoms with Gasteiger partial charge >= 0.3 is 5.97 Å². The first-order valence-electron chi connectivity index (χ1n) is 18.2. The van der Waals surface area contributed by atoms with E-state index in [9.17, 15) is 43.8 Å². The molecule has 0 spiro atoms. The number of amides is 6. The number of aliphatic imine (C=N–C) groups is 1. The van der Waals surface area contributed by atoms with Gasteiger partial charge in [-0.15, -0.1) is 0 Å². The van der Waals surface area contributed by atoms with Gasteiger partial charge in [-0.05, 0) is 18.4 Å². The number of aliphatic carboxylic acids is 1. The highest BCUT2D eigenvalue weighted by Crippen LogP contribution is 2.09. The zero-order valence-corrected chi connectivity index (χ0v) is 32.7. The van der Waals surface area contributed by atoms with Gasteiger partial charge < -0.3 is 69.3 Å². The number of thiol groups is 1. The van der Waals surface area contributed by atoms with Crippen molar-refractivity contribution in [1.29, 1.82) is 0 Å². The first-order valence-corrected chi connectivity index (χ1v) is 18.9. The molecule has 320 valence electrons. The molecule has 16 N–H and O–H groups in total. The third-order valence-electron chi connectivity index (χ3n) is 8.49. The number of aromatic amines is 2. The van der Waals surface area contributed by atoms with Crippen LogP contribution < -0.4 is 49.1 Å². The Morgan fingerprint density at radius 1 is 0.729 bits per heavy atom. The number of aliphatic hydroxyl groups is 1. The van der Waals surface area contributed by atoms with Gasteiger partial charge in [0.05, 0.1) is 25.8 Å². The third-order valence-corrected chi connectivity index (χ3v) is 8.86. The second-order valence-electron chi connectivity index (χ2n) is 13.1. The van der Waals surface area contributed by atoms with Crippen LogP contribution >= 0.6 is 12.6 Å². The number of carboxylic acid groups (broad SMARTS) is 1. The van der Waals surface area contributed by atoms with Gasteiger partial charge in [-0.3, -0.25) is 33.8 Å². The number of aliphatic hydroxyl groups excluding tert-OH is 1. The monoisotopic (exact) mass is 842 g/mol. The van der Waals surface area contributed by atoms with Crippen LogP contribution in [0.3, 0.4) is 0 Å². The molecule has 0 unspecified atom stereocenters. The lowest BCUT2D eigenvalue weighted by molar-refractivity contribution is -0.141. The van der Waals surface area contributed by atoms with Crippen molar-refractivity contribution in [3.63, 3.8) is 0 Å². The van der Waals surface area contributed by atoms with E-state index in [1.807, 2.05) is 0 Å². The van der Waals surface area contributed by atoms with Gasteiger partial charge in [0.25, 0.3) is 0 Å². The van der Waals surface area contributed by atoms with Crippen LogP contribution in [-0.2, 0) is 52.8 Å². The predicted molar refractivity (Wildman–Crippen MR) is 214 cm³/mol. The van der Waals surface area contributed by atoms with E-state index in [0.29, 0.717) is 17.0 Å². The molecule has 1 aromatic carbocycles. The largest absolute Gasteiger partial charge is 0.480 e. The molecular weight excluding hydrogens is 793 g/mol. The summed E-state index contributed by atoms with van der Waals surface area (Å²) in [6, 6.07) is 0.677. The Labute approximate surface area is 343 Å². The summed E-state index contributed by atoms with van der Waals surface area (Å²) >= 11 is 3.90. The summed E-state index contributed by atoms with van der Waals surface area (Å²) in [7, 11) is 0. The third kappa shape index (κ3) is 16.5. The lowest BCUT2D eigenvalue weighted by Gasteiger charge is -2.27. The molecule has 0 aliphatic carbocycles. The molecule has 0 bridgehead atoms. The van der Waals surface area contributed by atoms with Gasteiger partial charge in [-0.25, -0.2) is 14.8 Å². The summed E-state index contributed by atoms with van der Waals surface area (Å²) < 4.78 is 0. The number of hydrogen-bond donors (Lipinski definition) is 14. The highest BCUT2D eigenvalue weighted by atomic mass is 32.1. The van der Waals surface area contributed by atoms with Gasteiger partial charge in [0.15, 0.2) is 5.96 Å². The molecule has 3 rings (SSSR count). The van der Waals surface area contributed by atoms with Gasteiger partial charge in [-0.2, -0.15) is 12.6 Å². The van der Waals surface area contributed by atoms with Crippen molar-refractivity contribution in [3.05, 3.63) is 72.3 Å². The van der Waals surface area contributed by atoms with Crippen molar-refractivity contribution >= 4 is 60.0 Å². The maximum Gasteiger partial charge on any atom is 0.327 e. The van der Waals surface area contributed by atoms with Gasteiger partial charge in [0, 0.05) is 55.3 Å². The molecule has 23 nitrogen and oxygen atoms in total. The number of imidazole rings is 2. The second-order valence-corrected chi connectivity index (χ2v) is 13.5. The van der Waals surface area contributed by atoms with Crippen LogP contribution in [0.2, 0.25) is 0 Å². The molecule has 24 heteroatoms. The Balaban J connectivity index is 1.88. The fourth-order valence-electron chi connectivity index (χ4n) is 5.38. The average Bonchev–Trinajstić information content (AvgIpc) is 3.94. The Morgan fingerprint density at radius 3 is 1.76 bits per heavy atom. The van der Waals surface area contributed by atoms with Crippen LogP contribution in [-0.4, -0.2) is 139 Å². The molecule has 59 heavy (non-hydrogen) atoms. The molecule has 2 heterocycles. The Hall–Kier alpha value is -6.53. The van der Waals surface area contributed by atoms with E-state index in [0.717, 1.165) is 0 Å². The molecule has 0 aliphatic rings. The Morgan fingerprint density at radius 2 is 1.25 bits per heavy atom. The van der Waals surface area contributed by atoms with Gasteiger partial charge in [0.2, 0.25) is 35.4 Å². The quantitative estimate of drug-likeness (QED) is 0.0165. The number of carbonyl (C=O) groups excluding carboxylic acids is 6. The molecule has 0 saturated heterocycles. The molecule has 3 aromatic rings. The number of carboxylic acids is 1. The number of hydrogen-bond acceptors (Lipinski definition) is 13. The molecule has 0 aliphatic heterocycles. The number of guanidine groups is 1. The SMILES string of the molecule is NC(N)=NCCC[C@H](NC(=O)[C@H](Cc1ccccc1)NC(=O)[C@H](Cc1cnc[nH]1)NC(=O)[C@@H](N)CO)C(=O)N[C@@H](Cc1cnc[nH]1)C(=O)NCC(=O)N[C@@H](CS)C(=O)O. The molecule has 0 saturated carbocycles. The van der Waals surface area contributed by atoms with Crippen molar-refractivity contribution in [2.45, 2.75) is 68.4 Å². The Kier molecular flexibility index (Phi) is 19.3. The van der Waals surface area contributed by atoms with Crippen LogP contribution in [0.25, 0.3) is 0 Å². The minimum absolute atomic E-state index is 0.0565. The van der Waals surface area contributed by atoms with E-state index in [4.69, 9.17) is 17.2 Å². The molecule has 2 aromatic heterocycles. The molecular formula is C35H50N14O9S. The Bertz CT molecular complexity index is 1860. The maximum absolute atomic E-state index is 14.2. The second kappa shape index (κ2) is 24.3. The highest BCUT2D eigenvalue weighted by Gasteiger charge is 2.33. The van der Waals surface area contributed by atoms with Crippen LogP contribution in [0.1, 0.15) is 29.8 Å². The standard InChI is InChI=1S/C35H50N14O9S/c36-22(15-50)29(52)47-26(11-21-13-40-18-44-21)33(56)48-24(9-19-5-2-1-3-6-19)32(55)46-23(7-4-8-41-35(37)38)31(54)49-25(10-20-12-39-17-43-20)30(53)42-14-28(51)45-27(16-59)34(57)58/h1-3,5-6,12-13,17-18,22-27,50,59H,4,7-11,14-16,36H2,(H,39,43)(H,40,44)(H,42,53)(H,45,51)(H,46,55)(H,47,52)(H,48,56)(H,49,54)(H,57,58)(H4,37,38,41)/t22-,23-,24-,25-,26-,27-/m0/s1. The van der Waals surface area contributed by atoms with E-state index >= 15 is 0 Å². The zero-order valence-electron chi connectivity index (χ0n) is 31.8. The van der Waals surface area contributed by atoms with Crippen molar-refractivity contribution in [1.82, 2.24) is 51.8 Å². The van der Waals surface area contributed by atoms with Crippen molar-refractivity contribution in [2.75, 3.05) is 25.4 Å². The number of nitrogens with two attached hydrogens (primary N) is 3. The van der Waals surface area contributed by atoms with Gasteiger partial charge in [-0.1, -0.05) is 30.3 Å². The maximum atomic E-state index is 14.2. The van der Waals surface area contributed by atoms with Crippen LogP contribution in [0, 0.1) is 0 Å². The predicted octanol–water partition coefficient (Wildman–Crippen LogP) is -4.91. The van der Waals surface area contributed by atoms with Crippen LogP contribution in [0.5, 0.6) is 0 Å². The number of H-pyrrole nitrogens is 2. The first-order chi connectivity index (χ1) is 28.2. The number of nitrogens with zero attached hydrogens (tertiary/aromatic N) is 3. The minimum atomic E-state index is -1.35. The zero-order chi connectivity index (χ0) is 43.3.